The Morgan fingerprint density at radius 2 is 1.59 bits per heavy atom. The molecule has 0 saturated heterocycles. The van der Waals surface area contributed by atoms with Gasteiger partial charge in [-0.05, 0) is 30.3 Å². The van der Waals surface area contributed by atoms with Crippen molar-refractivity contribution in [3.8, 4) is 0 Å². The molecule has 3 aromatic carbocycles. The van der Waals surface area contributed by atoms with E-state index in [-0.39, 0.29) is 29.1 Å². The molecule has 0 saturated carbocycles. The molecule has 3 aromatic rings. The number of non-ortho nitro benzene ring substituents is 1. The van der Waals surface area contributed by atoms with Crippen molar-refractivity contribution in [1.82, 2.24) is 0 Å². The third kappa shape index (κ3) is 6.63. The number of ketones is 1. The fourth-order valence-electron chi connectivity index (χ4n) is 3.00. The first-order valence-corrected chi connectivity index (χ1v) is 10.8. The summed E-state index contributed by atoms with van der Waals surface area (Å²) in [5.41, 5.74) is 0.819. The number of ether oxygens (including phenoxy) is 1. The fourth-order valence-corrected chi connectivity index (χ4v) is 3.30. The molecule has 0 heterocycles. The molecule has 10 heteroatoms. The van der Waals surface area contributed by atoms with Gasteiger partial charge in [-0.25, -0.2) is 0 Å². The zero-order chi connectivity index (χ0) is 24.7. The third-order valence-corrected chi connectivity index (χ3v) is 5.45. The summed E-state index contributed by atoms with van der Waals surface area (Å²) in [6, 6.07) is 17.9. The Morgan fingerprint density at radius 3 is 2.21 bits per heavy atom. The number of benzene rings is 3. The van der Waals surface area contributed by atoms with Gasteiger partial charge in [0, 0.05) is 35.4 Å². The highest BCUT2D eigenvalue weighted by atomic mass is 35.5. The molecule has 0 spiro atoms. The van der Waals surface area contributed by atoms with Crippen LogP contribution in [0.2, 0.25) is 10.0 Å². The van der Waals surface area contributed by atoms with Crippen LogP contribution in [0.4, 0.5) is 11.4 Å². The van der Waals surface area contributed by atoms with E-state index < -0.39 is 28.7 Å². The van der Waals surface area contributed by atoms with Gasteiger partial charge in [-0.15, -0.1) is 0 Å². The molecule has 34 heavy (non-hydrogen) atoms. The third-order valence-electron chi connectivity index (χ3n) is 4.71. The Labute approximate surface area is 204 Å². The highest BCUT2D eigenvalue weighted by molar-refractivity contribution is 6.42. The molecule has 0 bridgehead atoms. The number of carbonyl (C=O) groups is 3. The van der Waals surface area contributed by atoms with Gasteiger partial charge < -0.3 is 10.1 Å². The summed E-state index contributed by atoms with van der Waals surface area (Å²) < 4.78 is 5.41. The molecule has 8 nitrogen and oxygen atoms in total. The van der Waals surface area contributed by atoms with Crippen molar-refractivity contribution in [2.24, 2.45) is 0 Å². The summed E-state index contributed by atoms with van der Waals surface area (Å²) in [5, 5.41) is 14.1. The lowest BCUT2D eigenvalue weighted by Gasteiger charge is -2.17. The number of hydrogen-bond donors (Lipinski definition) is 1. The average molecular weight is 501 g/mol. The van der Waals surface area contributed by atoms with E-state index in [9.17, 15) is 24.5 Å². The second kappa shape index (κ2) is 11.4. The minimum atomic E-state index is -1.33. The van der Waals surface area contributed by atoms with Crippen LogP contribution >= 0.6 is 23.2 Å². The van der Waals surface area contributed by atoms with Gasteiger partial charge in [-0.2, -0.15) is 0 Å². The molecule has 0 fully saturated rings. The van der Waals surface area contributed by atoms with Crippen molar-refractivity contribution >= 4 is 52.2 Å². The van der Waals surface area contributed by atoms with Gasteiger partial charge in [-0.1, -0.05) is 53.5 Å². The van der Waals surface area contributed by atoms with Crippen LogP contribution in [0.3, 0.4) is 0 Å². The fraction of sp³-hybridized carbons (Fsp3) is 0.125. The van der Waals surface area contributed by atoms with E-state index in [1.807, 2.05) is 0 Å². The normalized spacial score (nSPS) is 11.4. The molecular weight excluding hydrogens is 483 g/mol. The van der Waals surface area contributed by atoms with Gasteiger partial charge in [0.1, 0.15) is 0 Å². The summed E-state index contributed by atoms with van der Waals surface area (Å²) in [6.45, 7) is 0. The highest BCUT2D eigenvalue weighted by Gasteiger charge is 2.27. The Hall–Kier alpha value is -3.75. The summed E-state index contributed by atoms with van der Waals surface area (Å²) in [6.07, 6.45) is -1.82. The maximum Gasteiger partial charge on any atom is 0.307 e. The van der Waals surface area contributed by atoms with Gasteiger partial charge in [0.25, 0.3) is 5.69 Å². The summed E-state index contributed by atoms with van der Waals surface area (Å²) in [5.74, 6) is -1.74. The number of anilines is 1. The van der Waals surface area contributed by atoms with Crippen molar-refractivity contribution in [3.05, 3.63) is 104 Å². The maximum atomic E-state index is 13.0. The minimum Gasteiger partial charge on any atom is -0.449 e. The number of nitrogens with zero attached hydrogens (tertiary/aromatic N) is 1. The number of hydrogen-bond acceptors (Lipinski definition) is 6. The summed E-state index contributed by atoms with van der Waals surface area (Å²) >= 11 is 11.8. The molecular formula is C24H18Cl2N2O6. The zero-order valence-electron chi connectivity index (χ0n) is 17.6. The molecule has 0 aliphatic heterocycles. The number of halogens is 2. The number of esters is 1. The number of nitro benzene ring substituents is 1. The standard InChI is InChI=1S/C24H18Cl2N2O6/c25-19-11-8-17(14-20(19)26)27-21(29)12-13-22(30)34-24(23(31)15-4-2-1-3-5-15)16-6-9-18(10-7-16)28(32)33/h1-11,14,24H,12-13H2,(H,27,29)/t24-/m1/s1. The van der Waals surface area contributed by atoms with Crippen molar-refractivity contribution in [1.29, 1.82) is 0 Å². The highest BCUT2D eigenvalue weighted by Crippen LogP contribution is 2.27. The number of rotatable bonds is 9. The Bertz CT molecular complexity index is 1220. The number of nitro groups is 1. The van der Waals surface area contributed by atoms with Crippen molar-refractivity contribution in [2.45, 2.75) is 18.9 Å². The van der Waals surface area contributed by atoms with Gasteiger partial charge >= 0.3 is 5.97 Å². The molecule has 1 amide bonds. The second-order valence-electron chi connectivity index (χ2n) is 7.13. The molecule has 0 radical (unpaired) electrons. The first-order chi connectivity index (χ1) is 16.2. The van der Waals surface area contributed by atoms with Gasteiger partial charge in [-0.3, -0.25) is 24.5 Å². The Morgan fingerprint density at radius 1 is 0.912 bits per heavy atom. The SMILES string of the molecule is O=C(CCC(=O)O[C@@H](C(=O)c1ccccc1)c1ccc([N+](=O)[O-])cc1)Nc1ccc(Cl)c(Cl)c1. The molecule has 0 aromatic heterocycles. The predicted molar refractivity (Wildman–Crippen MR) is 127 cm³/mol. The summed E-state index contributed by atoms with van der Waals surface area (Å²) in [7, 11) is 0. The lowest BCUT2D eigenvalue weighted by atomic mass is 9.99. The van der Waals surface area contributed by atoms with Crippen LogP contribution in [0, 0.1) is 10.1 Å². The van der Waals surface area contributed by atoms with Crippen LogP contribution in [0.1, 0.15) is 34.9 Å². The van der Waals surface area contributed by atoms with Crippen LogP contribution in [0.25, 0.3) is 0 Å². The molecule has 0 aliphatic carbocycles. The van der Waals surface area contributed by atoms with Gasteiger partial charge in [0.05, 0.1) is 21.4 Å². The average Bonchev–Trinajstić information content (AvgIpc) is 2.84. The molecule has 0 aliphatic rings. The van der Waals surface area contributed by atoms with E-state index in [0.29, 0.717) is 16.3 Å². The molecule has 1 atom stereocenters. The Kier molecular flexibility index (Phi) is 8.34. The Balaban J connectivity index is 1.69. The number of amides is 1. The van der Waals surface area contributed by atoms with E-state index >= 15 is 0 Å². The number of nitrogens with one attached hydrogen (secondary N) is 1. The van der Waals surface area contributed by atoms with Crippen molar-refractivity contribution in [3.63, 3.8) is 0 Å². The minimum absolute atomic E-state index is 0.167. The second-order valence-corrected chi connectivity index (χ2v) is 7.94. The van der Waals surface area contributed by atoms with E-state index in [1.54, 1.807) is 36.4 Å². The molecule has 3 rings (SSSR count). The van der Waals surface area contributed by atoms with Crippen LogP contribution in [0.15, 0.2) is 72.8 Å². The largest absolute Gasteiger partial charge is 0.449 e. The van der Waals surface area contributed by atoms with Crippen LogP contribution in [-0.2, 0) is 14.3 Å². The van der Waals surface area contributed by atoms with Crippen molar-refractivity contribution in [2.75, 3.05) is 5.32 Å². The zero-order valence-corrected chi connectivity index (χ0v) is 19.1. The quantitative estimate of drug-likeness (QED) is 0.172. The summed E-state index contributed by atoms with van der Waals surface area (Å²) in [4.78, 5) is 48.1. The number of Topliss-reactive ketones (excluding diaryl/α,β-unsaturated/α-hetero) is 1. The first-order valence-electron chi connectivity index (χ1n) is 10.0. The lowest BCUT2D eigenvalue weighted by molar-refractivity contribution is -0.384. The molecule has 0 unspecified atom stereocenters. The van der Waals surface area contributed by atoms with Gasteiger partial charge in [0.2, 0.25) is 11.7 Å². The van der Waals surface area contributed by atoms with E-state index in [2.05, 4.69) is 5.32 Å². The van der Waals surface area contributed by atoms with Gasteiger partial charge in [0.15, 0.2) is 6.10 Å². The smallest absolute Gasteiger partial charge is 0.307 e. The topological polar surface area (TPSA) is 116 Å². The molecule has 174 valence electrons. The lowest BCUT2D eigenvalue weighted by Crippen LogP contribution is -2.21. The first kappa shape index (κ1) is 24.9. The van der Waals surface area contributed by atoms with Crippen LogP contribution in [0.5, 0.6) is 0 Å². The van der Waals surface area contributed by atoms with E-state index in [4.69, 9.17) is 27.9 Å². The van der Waals surface area contributed by atoms with E-state index in [1.165, 1.54) is 36.4 Å². The monoisotopic (exact) mass is 500 g/mol. The maximum absolute atomic E-state index is 13.0. The predicted octanol–water partition coefficient (Wildman–Crippen LogP) is 5.79. The van der Waals surface area contributed by atoms with Crippen LogP contribution in [-0.4, -0.2) is 22.6 Å². The molecule has 1 N–H and O–H groups in total. The van der Waals surface area contributed by atoms with Crippen LogP contribution < -0.4 is 5.32 Å². The number of carbonyl (C=O) groups excluding carboxylic acids is 3. The van der Waals surface area contributed by atoms with Crippen molar-refractivity contribution < 1.29 is 24.0 Å². The van der Waals surface area contributed by atoms with E-state index in [0.717, 1.165) is 0 Å².